The number of nitrogens with two attached hydrogens (primary N) is 1. The topological polar surface area (TPSA) is 106 Å². The third-order valence-corrected chi connectivity index (χ3v) is 5.41. The van der Waals surface area contributed by atoms with Gasteiger partial charge in [-0.15, -0.1) is 0 Å². The summed E-state index contributed by atoms with van der Waals surface area (Å²) in [4.78, 5) is 0. The van der Waals surface area contributed by atoms with Gasteiger partial charge >= 0.3 is 0 Å². The second-order valence-electron chi connectivity index (χ2n) is 4.07. The van der Waals surface area contributed by atoms with Gasteiger partial charge in [0.15, 0.2) is 0 Å². The first kappa shape index (κ1) is 13.9. The molecule has 0 unspecified atom stereocenters. The van der Waals surface area contributed by atoms with Gasteiger partial charge in [0.25, 0.3) is 0 Å². The van der Waals surface area contributed by atoms with Crippen LogP contribution in [-0.4, -0.2) is 34.4 Å². The van der Waals surface area contributed by atoms with E-state index in [-0.39, 0.29) is 17.5 Å². The van der Waals surface area contributed by atoms with Crippen molar-refractivity contribution >= 4 is 20.0 Å². The highest BCUT2D eigenvalue weighted by Crippen LogP contribution is 2.22. The van der Waals surface area contributed by atoms with Crippen LogP contribution in [0.15, 0.2) is 0 Å². The van der Waals surface area contributed by atoms with E-state index in [4.69, 9.17) is 5.14 Å². The molecule has 0 aromatic rings. The standard InChI is InChI=1S/C8H18N2O4S2/c9-15(11,12)7-6-10-16(13,14)8-4-2-1-3-5-8/h8,10H,1-7H2,(H2,9,11,12). The van der Waals surface area contributed by atoms with E-state index in [2.05, 4.69) is 4.72 Å². The summed E-state index contributed by atoms with van der Waals surface area (Å²) in [5.41, 5.74) is 0. The van der Waals surface area contributed by atoms with Crippen molar-refractivity contribution in [2.24, 2.45) is 5.14 Å². The Morgan fingerprint density at radius 2 is 1.62 bits per heavy atom. The minimum Gasteiger partial charge on any atom is -0.229 e. The number of hydrogen-bond donors (Lipinski definition) is 2. The molecule has 1 rings (SSSR count). The fraction of sp³-hybridized carbons (Fsp3) is 1.00. The Morgan fingerprint density at radius 3 is 2.12 bits per heavy atom. The van der Waals surface area contributed by atoms with Crippen LogP contribution in [-0.2, 0) is 20.0 Å². The number of rotatable bonds is 5. The van der Waals surface area contributed by atoms with Gasteiger partial charge in [0.2, 0.25) is 20.0 Å². The number of sulfonamides is 2. The summed E-state index contributed by atoms with van der Waals surface area (Å²) < 4.78 is 47.0. The molecule has 1 aliphatic rings. The average Bonchev–Trinajstić information content (AvgIpc) is 2.17. The minimum absolute atomic E-state index is 0.141. The smallest absolute Gasteiger partial charge is 0.214 e. The quantitative estimate of drug-likeness (QED) is 0.704. The van der Waals surface area contributed by atoms with Crippen molar-refractivity contribution in [3.8, 4) is 0 Å². The SMILES string of the molecule is NS(=O)(=O)CCNS(=O)(=O)C1CCCCC1. The Labute approximate surface area is 96.7 Å². The summed E-state index contributed by atoms with van der Waals surface area (Å²) in [6, 6.07) is 0. The first-order chi connectivity index (χ1) is 7.31. The lowest BCUT2D eigenvalue weighted by Crippen LogP contribution is -2.38. The van der Waals surface area contributed by atoms with Crippen LogP contribution in [0.1, 0.15) is 32.1 Å². The predicted molar refractivity (Wildman–Crippen MR) is 61.8 cm³/mol. The van der Waals surface area contributed by atoms with Gasteiger partial charge in [-0.25, -0.2) is 26.7 Å². The molecule has 0 atom stereocenters. The summed E-state index contributed by atoms with van der Waals surface area (Å²) in [6.45, 7) is -0.141. The van der Waals surface area contributed by atoms with Crippen molar-refractivity contribution in [2.75, 3.05) is 12.3 Å². The van der Waals surface area contributed by atoms with Crippen LogP contribution in [0, 0.1) is 0 Å². The minimum atomic E-state index is -3.60. The lowest BCUT2D eigenvalue weighted by molar-refractivity contribution is 0.478. The van der Waals surface area contributed by atoms with Crippen molar-refractivity contribution in [2.45, 2.75) is 37.4 Å². The van der Waals surface area contributed by atoms with Crippen LogP contribution in [0.5, 0.6) is 0 Å². The van der Waals surface area contributed by atoms with Crippen LogP contribution >= 0.6 is 0 Å². The molecule has 0 radical (unpaired) electrons. The second kappa shape index (κ2) is 5.44. The molecule has 0 spiro atoms. The van der Waals surface area contributed by atoms with Gasteiger partial charge in [-0.3, -0.25) is 0 Å². The van der Waals surface area contributed by atoms with E-state index in [1.807, 2.05) is 0 Å². The van der Waals surface area contributed by atoms with Crippen LogP contribution in [0.4, 0.5) is 0 Å². The largest absolute Gasteiger partial charge is 0.229 e. The molecule has 0 heterocycles. The van der Waals surface area contributed by atoms with E-state index in [9.17, 15) is 16.8 Å². The Hall–Kier alpha value is -0.180. The van der Waals surface area contributed by atoms with Crippen molar-refractivity contribution in [1.29, 1.82) is 0 Å². The maximum Gasteiger partial charge on any atom is 0.214 e. The maximum absolute atomic E-state index is 11.7. The highest BCUT2D eigenvalue weighted by Gasteiger charge is 2.26. The molecule has 8 heteroatoms. The molecule has 1 aliphatic carbocycles. The van der Waals surface area contributed by atoms with E-state index in [1.54, 1.807) is 0 Å². The molecule has 3 N–H and O–H groups in total. The third-order valence-electron chi connectivity index (χ3n) is 2.68. The molecule has 0 amide bonds. The van der Waals surface area contributed by atoms with Crippen molar-refractivity contribution in [3.63, 3.8) is 0 Å². The Morgan fingerprint density at radius 1 is 1.06 bits per heavy atom. The zero-order chi connectivity index (χ0) is 12.2. The van der Waals surface area contributed by atoms with E-state index in [0.717, 1.165) is 19.3 Å². The summed E-state index contributed by atoms with van der Waals surface area (Å²) in [5, 5.41) is 4.41. The Balaban J connectivity index is 2.45. The van der Waals surface area contributed by atoms with Crippen molar-refractivity contribution in [1.82, 2.24) is 4.72 Å². The van der Waals surface area contributed by atoms with E-state index < -0.39 is 20.0 Å². The van der Waals surface area contributed by atoms with Crippen molar-refractivity contribution in [3.05, 3.63) is 0 Å². The van der Waals surface area contributed by atoms with E-state index >= 15 is 0 Å². The molecule has 16 heavy (non-hydrogen) atoms. The molecule has 96 valence electrons. The van der Waals surface area contributed by atoms with Gasteiger partial charge < -0.3 is 0 Å². The zero-order valence-corrected chi connectivity index (χ0v) is 10.7. The molecule has 0 aliphatic heterocycles. The van der Waals surface area contributed by atoms with E-state index in [1.165, 1.54) is 0 Å². The first-order valence-corrected chi connectivity index (χ1v) is 8.56. The van der Waals surface area contributed by atoms with Gasteiger partial charge in [-0.1, -0.05) is 19.3 Å². The van der Waals surface area contributed by atoms with Gasteiger partial charge in [-0.2, -0.15) is 0 Å². The molecule has 6 nitrogen and oxygen atoms in total. The maximum atomic E-state index is 11.7. The molecule has 1 saturated carbocycles. The molecule has 0 saturated heterocycles. The summed E-state index contributed by atoms with van der Waals surface area (Å²) in [6.07, 6.45) is 4.22. The highest BCUT2D eigenvalue weighted by molar-refractivity contribution is 7.90. The number of primary sulfonamides is 1. The lowest BCUT2D eigenvalue weighted by Gasteiger charge is -2.21. The highest BCUT2D eigenvalue weighted by atomic mass is 32.2. The van der Waals surface area contributed by atoms with Crippen LogP contribution in [0.3, 0.4) is 0 Å². The summed E-state index contributed by atoms with van der Waals surface area (Å²) in [5.74, 6) is -0.362. The van der Waals surface area contributed by atoms with Crippen LogP contribution in [0.25, 0.3) is 0 Å². The fourth-order valence-electron chi connectivity index (χ4n) is 1.82. The van der Waals surface area contributed by atoms with Gasteiger partial charge in [0, 0.05) is 6.54 Å². The number of hydrogen-bond acceptors (Lipinski definition) is 4. The molecule has 0 aromatic carbocycles. The van der Waals surface area contributed by atoms with E-state index in [0.29, 0.717) is 12.8 Å². The second-order valence-corrected chi connectivity index (χ2v) is 7.85. The van der Waals surface area contributed by atoms with Gasteiger partial charge in [0.05, 0.1) is 11.0 Å². The fourth-order valence-corrected chi connectivity index (χ4v) is 3.91. The Kier molecular flexibility index (Phi) is 4.72. The molecule has 1 fully saturated rings. The normalized spacial score (nSPS) is 19.8. The average molecular weight is 270 g/mol. The predicted octanol–water partition coefficient (Wildman–Crippen LogP) is -0.473. The molecule has 0 bridgehead atoms. The zero-order valence-electron chi connectivity index (χ0n) is 9.05. The van der Waals surface area contributed by atoms with Gasteiger partial charge in [0.1, 0.15) is 0 Å². The summed E-state index contributed by atoms with van der Waals surface area (Å²) in [7, 11) is -6.98. The Bertz CT molecular complexity index is 409. The molecular formula is C8H18N2O4S2. The number of nitrogens with one attached hydrogen (secondary N) is 1. The molecule has 0 aromatic heterocycles. The monoisotopic (exact) mass is 270 g/mol. The summed E-state index contributed by atoms with van der Waals surface area (Å²) >= 11 is 0. The van der Waals surface area contributed by atoms with Gasteiger partial charge in [-0.05, 0) is 12.8 Å². The third kappa shape index (κ3) is 4.77. The first-order valence-electron chi connectivity index (χ1n) is 5.30. The van der Waals surface area contributed by atoms with Crippen LogP contribution in [0.2, 0.25) is 0 Å². The van der Waals surface area contributed by atoms with Crippen LogP contribution < -0.4 is 9.86 Å². The molecular weight excluding hydrogens is 252 g/mol. The lowest BCUT2D eigenvalue weighted by atomic mass is 10.0. The van der Waals surface area contributed by atoms with Crippen molar-refractivity contribution < 1.29 is 16.8 Å².